The van der Waals surface area contributed by atoms with Gasteiger partial charge in [0.15, 0.2) is 0 Å². The highest BCUT2D eigenvalue weighted by molar-refractivity contribution is 5.74. The van der Waals surface area contributed by atoms with Crippen LogP contribution in [0.25, 0.3) is 11.0 Å². The van der Waals surface area contributed by atoms with E-state index in [2.05, 4.69) is 15.9 Å². The van der Waals surface area contributed by atoms with Gasteiger partial charge >= 0.3 is 0 Å². The number of hydrogen-bond donors (Lipinski definition) is 1. The fraction of sp³-hybridized carbons (Fsp3) is 0.308. The predicted molar refractivity (Wildman–Crippen MR) is 62.5 cm³/mol. The maximum absolute atomic E-state index is 5.20. The van der Waals surface area contributed by atoms with E-state index >= 15 is 0 Å². The van der Waals surface area contributed by atoms with E-state index in [1.807, 2.05) is 24.3 Å². The monoisotopic (exact) mass is 198 g/mol. The molecule has 0 spiro atoms. The number of rotatable bonds is 4. The lowest BCUT2D eigenvalue weighted by atomic mass is 10.2. The molecule has 0 fully saturated rings. The molecule has 2 heteroatoms. The second-order valence-corrected chi connectivity index (χ2v) is 3.61. The molecule has 0 aliphatic rings. The van der Waals surface area contributed by atoms with Crippen molar-refractivity contribution < 1.29 is 0 Å². The van der Waals surface area contributed by atoms with Gasteiger partial charge in [-0.25, -0.2) is 4.98 Å². The number of aromatic amines is 1. The van der Waals surface area contributed by atoms with Gasteiger partial charge in [0.05, 0.1) is 11.0 Å². The number of aryl methyl sites for hydroxylation is 1. The van der Waals surface area contributed by atoms with E-state index in [4.69, 9.17) is 6.42 Å². The molecule has 2 aromatic rings. The van der Waals surface area contributed by atoms with Crippen molar-refractivity contribution in [3.05, 3.63) is 30.1 Å². The molecule has 2 rings (SSSR count). The summed E-state index contributed by atoms with van der Waals surface area (Å²) in [7, 11) is 0. The molecule has 0 aliphatic carbocycles. The van der Waals surface area contributed by atoms with E-state index < -0.39 is 0 Å². The smallest absolute Gasteiger partial charge is 0.107 e. The summed E-state index contributed by atoms with van der Waals surface area (Å²) in [5, 5.41) is 0. The quantitative estimate of drug-likeness (QED) is 0.594. The number of terminal acetylenes is 1. The Morgan fingerprint density at radius 2 is 2.13 bits per heavy atom. The molecule has 0 unspecified atom stereocenters. The first-order chi connectivity index (χ1) is 7.40. The first kappa shape index (κ1) is 9.79. The Balaban J connectivity index is 2.00. The molecule has 1 aromatic carbocycles. The predicted octanol–water partition coefficient (Wildman–Crippen LogP) is 2.91. The summed E-state index contributed by atoms with van der Waals surface area (Å²) in [6, 6.07) is 8.10. The fourth-order valence-electron chi connectivity index (χ4n) is 1.64. The van der Waals surface area contributed by atoms with Crippen molar-refractivity contribution >= 4 is 11.0 Å². The van der Waals surface area contributed by atoms with Crippen molar-refractivity contribution in [2.24, 2.45) is 0 Å². The molecule has 15 heavy (non-hydrogen) atoms. The first-order valence-electron chi connectivity index (χ1n) is 5.27. The van der Waals surface area contributed by atoms with Crippen LogP contribution >= 0.6 is 0 Å². The van der Waals surface area contributed by atoms with Gasteiger partial charge in [0, 0.05) is 12.8 Å². The molecular formula is C13H14N2. The minimum absolute atomic E-state index is 0.861. The van der Waals surface area contributed by atoms with Gasteiger partial charge in [0.2, 0.25) is 0 Å². The number of benzene rings is 1. The largest absolute Gasteiger partial charge is 0.342 e. The Bertz CT molecular complexity index is 443. The van der Waals surface area contributed by atoms with E-state index in [1.54, 1.807) is 0 Å². The van der Waals surface area contributed by atoms with Crippen molar-refractivity contribution in [1.29, 1.82) is 0 Å². The summed E-state index contributed by atoms with van der Waals surface area (Å²) >= 11 is 0. The lowest BCUT2D eigenvalue weighted by Gasteiger charge is -1.93. The second-order valence-electron chi connectivity index (χ2n) is 3.61. The number of para-hydroxylation sites is 2. The standard InChI is InChI=1S/C13H14N2/c1-2-3-4-5-10-13-14-11-8-6-7-9-12(11)15-13/h1,6-9H,3-5,10H2,(H,14,15). The normalized spacial score (nSPS) is 10.3. The zero-order chi connectivity index (χ0) is 10.5. The van der Waals surface area contributed by atoms with Crippen LogP contribution in [0.1, 0.15) is 25.1 Å². The molecule has 0 bridgehead atoms. The van der Waals surface area contributed by atoms with E-state index in [1.165, 1.54) is 0 Å². The fourth-order valence-corrected chi connectivity index (χ4v) is 1.64. The Morgan fingerprint density at radius 1 is 1.27 bits per heavy atom. The van der Waals surface area contributed by atoms with Crippen molar-refractivity contribution in [1.82, 2.24) is 9.97 Å². The van der Waals surface area contributed by atoms with Gasteiger partial charge in [0.25, 0.3) is 0 Å². The van der Waals surface area contributed by atoms with Gasteiger partial charge in [-0.1, -0.05) is 12.1 Å². The summed E-state index contributed by atoms with van der Waals surface area (Å²) < 4.78 is 0. The van der Waals surface area contributed by atoms with Crippen molar-refractivity contribution in [2.45, 2.75) is 25.7 Å². The SMILES string of the molecule is C#CCCCCc1nc2ccccc2[nH]1. The number of imidazole rings is 1. The molecule has 0 atom stereocenters. The van der Waals surface area contributed by atoms with E-state index in [-0.39, 0.29) is 0 Å². The molecule has 0 amide bonds. The van der Waals surface area contributed by atoms with Crippen LogP contribution in [0.3, 0.4) is 0 Å². The Morgan fingerprint density at radius 3 is 2.93 bits per heavy atom. The van der Waals surface area contributed by atoms with Crippen molar-refractivity contribution in [2.75, 3.05) is 0 Å². The number of nitrogens with zero attached hydrogens (tertiary/aromatic N) is 1. The lowest BCUT2D eigenvalue weighted by molar-refractivity contribution is 0.733. The zero-order valence-electron chi connectivity index (χ0n) is 8.66. The molecule has 0 saturated heterocycles. The molecule has 1 aromatic heterocycles. The van der Waals surface area contributed by atoms with E-state index in [9.17, 15) is 0 Å². The molecule has 0 radical (unpaired) electrons. The Labute approximate surface area is 89.7 Å². The summed E-state index contributed by atoms with van der Waals surface area (Å²) in [6.07, 6.45) is 9.22. The number of hydrogen-bond acceptors (Lipinski definition) is 1. The molecular weight excluding hydrogens is 184 g/mol. The van der Waals surface area contributed by atoms with Crippen LogP contribution in [0, 0.1) is 12.3 Å². The van der Waals surface area contributed by atoms with Gasteiger partial charge in [-0.05, 0) is 25.0 Å². The second kappa shape index (κ2) is 4.65. The number of aromatic nitrogens is 2. The van der Waals surface area contributed by atoms with Gasteiger partial charge in [0.1, 0.15) is 5.82 Å². The van der Waals surface area contributed by atoms with Gasteiger partial charge < -0.3 is 4.98 Å². The van der Waals surface area contributed by atoms with Crippen LogP contribution in [0.4, 0.5) is 0 Å². The summed E-state index contributed by atoms with van der Waals surface area (Å²) in [5.74, 6) is 3.71. The summed E-state index contributed by atoms with van der Waals surface area (Å²) in [4.78, 5) is 7.81. The Kier molecular flexibility index (Phi) is 3.04. The van der Waals surface area contributed by atoms with Crippen LogP contribution in [0.5, 0.6) is 0 Å². The highest BCUT2D eigenvalue weighted by Gasteiger charge is 2.00. The third kappa shape index (κ3) is 2.38. The molecule has 2 nitrogen and oxygen atoms in total. The topological polar surface area (TPSA) is 28.7 Å². The van der Waals surface area contributed by atoms with Crippen LogP contribution in [-0.2, 0) is 6.42 Å². The third-order valence-electron chi connectivity index (χ3n) is 2.42. The number of fused-ring (bicyclic) bond motifs is 1. The van der Waals surface area contributed by atoms with Crippen LogP contribution in [0.15, 0.2) is 24.3 Å². The summed E-state index contributed by atoms with van der Waals surface area (Å²) in [6.45, 7) is 0. The first-order valence-corrected chi connectivity index (χ1v) is 5.27. The maximum atomic E-state index is 5.20. The number of unbranched alkanes of at least 4 members (excludes halogenated alkanes) is 2. The van der Waals surface area contributed by atoms with Crippen LogP contribution in [0.2, 0.25) is 0 Å². The highest BCUT2D eigenvalue weighted by atomic mass is 14.9. The average molecular weight is 198 g/mol. The minimum Gasteiger partial charge on any atom is -0.342 e. The molecule has 1 N–H and O–H groups in total. The van der Waals surface area contributed by atoms with E-state index in [0.717, 1.165) is 42.5 Å². The molecule has 0 saturated carbocycles. The zero-order valence-corrected chi connectivity index (χ0v) is 8.66. The Hall–Kier alpha value is -1.75. The van der Waals surface area contributed by atoms with Crippen molar-refractivity contribution in [3.8, 4) is 12.3 Å². The maximum Gasteiger partial charge on any atom is 0.107 e. The summed E-state index contributed by atoms with van der Waals surface area (Å²) in [5.41, 5.74) is 2.16. The number of H-pyrrole nitrogens is 1. The molecule has 1 heterocycles. The van der Waals surface area contributed by atoms with Gasteiger partial charge in [-0.3, -0.25) is 0 Å². The minimum atomic E-state index is 0.861. The number of nitrogens with one attached hydrogen (secondary N) is 1. The van der Waals surface area contributed by atoms with Crippen molar-refractivity contribution in [3.63, 3.8) is 0 Å². The van der Waals surface area contributed by atoms with Gasteiger partial charge in [-0.15, -0.1) is 12.3 Å². The van der Waals surface area contributed by atoms with E-state index in [0.29, 0.717) is 0 Å². The molecule has 76 valence electrons. The van der Waals surface area contributed by atoms with Crippen LogP contribution < -0.4 is 0 Å². The molecule has 0 aliphatic heterocycles. The third-order valence-corrected chi connectivity index (χ3v) is 2.42. The van der Waals surface area contributed by atoms with Gasteiger partial charge in [-0.2, -0.15) is 0 Å². The lowest BCUT2D eigenvalue weighted by Crippen LogP contribution is -1.87. The average Bonchev–Trinajstić information content (AvgIpc) is 2.67. The van der Waals surface area contributed by atoms with Crippen LogP contribution in [-0.4, -0.2) is 9.97 Å². The highest BCUT2D eigenvalue weighted by Crippen LogP contribution is 2.12.